The summed E-state index contributed by atoms with van der Waals surface area (Å²) in [5, 5.41) is 39.7. The van der Waals surface area contributed by atoms with Gasteiger partial charge in [-0.1, -0.05) is 5.21 Å². The van der Waals surface area contributed by atoms with Crippen molar-refractivity contribution in [2.75, 3.05) is 20.3 Å². The van der Waals surface area contributed by atoms with Crippen LogP contribution in [0.5, 0.6) is 0 Å². The van der Waals surface area contributed by atoms with Crippen molar-refractivity contribution in [3.63, 3.8) is 0 Å². The van der Waals surface area contributed by atoms with E-state index in [1.54, 1.807) is 6.20 Å². The number of aromatic nitrogens is 3. The third kappa shape index (κ3) is 11.3. The Bertz CT molecular complexity index is 880. The average molecular weight is 503 g/mol. The van der Waals surface area contributed by atoms with Gasteiger partial charge in [0.15, 0.2) is 0 Å². The molecule has 1 heterocycles. The summed E-state index contributed by atoms with van der Waals surface area (Å²) < 4.78 is 13.5. The Morgan fingerprint density at radius 3 is 2.40 bits per heavy atom. The number of unbranched alkanes of at least 4 members (excludes halogenated alkanes) is 1. The first kappa shape index (κ1) is 29.3. The maximum atomic E-state index is 12.3. The quantitative estimate of drug-likeness (QED) is 0.179. The highest BCUT2D eigenvalue weighted by Crippen LogP contribution is 2.09. The van der Waals surface area contributed by atoms with Crippen LogP contribution in [0.15, 0.2) is 6.20 Å². The van der Waals surface area contributed by atoms with Crippen molar-refractivity contribution >= 4 is 29.8 Å². The molecule has 0 aliphatic heterocycles. The van der Waals surface area contributed by atoms with Crippen LogP contribution in [0.1, 0.15) is 44.2 Å². The summed E-state index contributed by atoms with van der Waals surface area (Å²) in [7, 11) is 1.20. The molecule has 0 saturated heterocycles. The number of hydrogen-bond acceptors (Lipinski definition) is 7. The molecule has 35 heavy (non-hydrogen) atoms. The molecule has 196 valence electrons. The van der Waals surface area contributed by atoms with E-state index in [1.165, 1.54) is 11.7 Å². The second-order valence-corrected chi connectivity index (χ2v) is 7.78. The van der Waals surface area contributed by atoms with E-state index in [1.807, 2.05) is 0 Å². The van der Waals surface area contributed by atoms with Gasteiger partial charge in [0.2, 0.25) is 5.91 Å². The van der Waals surface area contributed by atoms with E-state index >= 15 is 0 Å². The fourth-order valence-electron chi connectivity index (χ4n) is 3.07. The van der Waals surface area contributed by atoms with Crippen LogP contribution in [-0.4, -0.2) is 97.4 Å². The highest BCUT2D eigenvalue weighted by molar-refractivity contribution is 5.86. The number of carboxylic acids is 3. The number of aryl methyl sites for hydroxylation is 1. The molecule has 1 rings (SSSR count). The zero-order chi connectivity index (χ0) is 26.4. The first-order valence-electron chi connectivity index (χ1n) is 11.0. The fraction of sp³-hybridized carbons (Fsp3) is 0.650. The normalized spacial score (nSPS) is 12.4. The van der Waals surface area contributed by atoms with Gasteiger partial charge in [-0.3, -0.25) is 14.0 Å². The molecule has 3 amide bonds. The number of nitrogens with one attached hydrogen (secondary N) is 2. The van der Waals surface area contributed by atoms with E-state index in [9.17, 15) is 33.5 Å². The van der Waals surface area contributed by atoms with E-state index in [-0.39, 0.29) is 31.8 Å². The van der Waals surface area contributed by atoms with E-state index in [0.29, 0.717) is 31.4 Å². The summed E-state index contributed by atoms with van der Waals surface area (Å²) in [4.78, 5) is 58.6. The lowest BCUT2D eigenvalue weighted by Crippen LogP contribution is -2.52. The molecule has 15 heteroatoms. The predicted molar refractivity (Wildman–Crippen MR) is 117 cm³/mol. The number of urea groups is 1. The molecule has 1 aromatic heterocycles. The van der Waals surface area contributed by atoms with Crippen LogP contribution < -0.4 is 10.6 Å². The number of halogens is 1. The van der Waals surface area contributed by atoms with Gasteiger partial charge < -0.3 is 30.9 Å². The third-order valence-electron chi connectivity index (χ3n) is 5.00. The monoisotopic (exact) mass is 502 g/mol. The van der Waals surface area contributed by atoms with E-state index < -0.39 is 49.1 Å². The number of rotatable bonds is 17. The molecule has 0 radical (unpaired) electrons. The molecule has 0 aromatic carbocycles. The molecule has 1 unspecified atom stereocenters. The summed E-state index contributed by atoms with van der Waals surface area (Å²) in [5.74, 6) is -4.29. The van der Waals surface area contributed by atoms with Gasteiger partial charge in [-0.15, -0.1) is 5.10 Å². The molecule has 0 saturated carbocycles. The number of carboxylic acid groups (broad SMARTS) is 3. The molecule has 0 bridgehead atoms. The topological polar surface area (TPSA) is 204 Å². The van der Waals surface area contributed by atoms with Crippen LogP contribution >= 0.6 is 0 Å². The van der Waals surface area contributed by atoms with Gasteiger partial charge >= 0.3 is 23.9 Å². The Morgan fingerprint density at radius 2 is 1.80 bits per heavy atom. The molecule has 0 spiro atoms. The lowest BCUT2D eigenvalue weighted by molar-refractivity contribution is -0.142. The SMILES string of the molecule is CN(C(=O)NC(CCC(=O)O)C(=O)O)[C@@H](CCCCNC(=O)Cn1cc(CCCF)nn1)C(=O)O. The average Bonchev–Trinajstić information content (AvgIpc) is 3.23. The third-order valence-corrected chi connectivity index (χ3v) is 5.00. The largest absolute Gasteiger partial charge is 0.481 e. The number of hydrogen-bond donors (Lipinski definition) is 5. The number of carbonyl (C=O) groups excluding carboxylic acids is 2. The second kappa shape index (κ2) is 15.2. The summed E-state index contributed by atoms with van der Waals surface area (Å²) in [6, 6.07) is -3.69. The highest BCUT2D eigenvalue weighted by Gasteiger charge is 2.29. The molecule has 0 aliphatic carbocycles. The number of carbonyl (C=O) groups is 5. The smallest absolute Gasteiger partial charge is 0.326 e. The zero-order valence-corrected chi connectivity index (χ0v) is 19.4. The minimum Gasteiger partial charge on any atom is -0.481 e. The Labute approximate surface area is 200 Å². The first-order chi connectivity index (χ1) is 16.5. The predicted octanol–water partition coefficient (Wildman–Crippen LogP) is -0.121. The number of amides is 3. The summed E-state index contributed by atoms with van der Waals surface area (Å²) in [5.41, 5.74) is 0.583. The van der Waals surface area contributed by atoms with Crippen molar-refractivity contribution in [3.05, 3.63) is 11.9 Å². The van der Waals surface area contributed by atoms with Crippen LogP contribution in [0.4, 0.5) is 9.18 Å². The maximum absolute atomic E-state index is 12.3. The van der Waals surface area contributed by atoms with Crippen molar-refractivity contribution in [3.8, 4) is 0 Å². The number of aliphatic carboxylic acids is 3. The van der Waals surface area contributed by atoms with Gasteiger partial charge in [0.05, 0.1) is 12.4 Å². The van der Waals surface area contributed by atoms with E-state index in [0.717, 1.165) is 4.90 Å². The molecule has 1 aromatic rings. The van der Waals surface area contributed by atoms with E-state index in [4.69, 9.17) is 10.2 Å². The van der Waals surface area contributed by atoms with Crippen LogP contribution in [-0.2, 0) is 32.1 Å². The lowest BCUT2D eigenvalue weighted by atomic mass is 10.1. The lowest BCUT2D eigenvalue weighted by Gasteiger charge is -2.26. The van der Waals surface area contributed by atoms with Crippen molar-refractivity contribution in [1.29, 1.82) is 0 Å². The van der Waals surface area contributed by atoms with Crippen LogP contribution in [0.2, 0.25) is 0 Å². The maximum Gasteiger partial charge on any atom is 0.326 e. The van der Waals surface area contributed by atoms with Gasteiger partial charge in [0.25, 0.3) is 0 Å². The Hall–Kier alpha value is -3.78. The minimum absolute atomic E-state index is 0.0446. The van der Waals surface area contributed by atoms with Crippen molar-refractivity contribution in [1.82, 2.24) is 30.5 Å². The Kier molecular flexibility index (Phi) is 12.7. The Morgan fingerprint density at radius 1 is 1.09 bits per heavy atom. The number of likely N-dealkylation sites (N-methyl/N-ethyl adjacent to an activating group) is 1. The van der Waals surface area contributed by atoms with Gasteiger partial charge in [-0.25, -0.2) is 19.1 Å². The van der Waals surface area contributed by atoms with Crippen LogP contribution in [0.25, 0.3) is 0 Å². The van der Waals surface area contributed by atoms with Gasteiger partial charge in [-0.05, 0) is 38.5 Å². The van der Waals surface area contributed by atoms with Gasteiger partial charge in [0.1, 0.15) is 18.6 Å². The molecule has 0 aliphatic rings. The molecule has 2 atom stereocenters. The molecule has 0 fully saturated rings. The highest BCUT2D eigenvalue weighted by atomic mass is 19.1. The second-order valence-electron chi connectivity index (χ2n) is 7.78. The van der Waals surface area contributed by atoms with Crippen molar-refractivity contribution < 1.29 is 43.7 Å². The molecular formula is C20H31FN6O8. The Balaban J connectivity index is 2.44. The number of nitrogens with zero attached hydrogens (tertiary/aromatic N) is 4. The summed E-state index contributed by atoms with van der Waals surface area (Å²) in [6.45, 7) is -0.289. The molecule has 5 N–H and O–H groups in total. The first-order valence-corrected chi connectivity index (χ1v) is 11.0. The zero-order valence-electron chi connectivity index (χ0n) is 19.4. The van der Waals surface area contributed by atoms with Gasteiger partial charge in [-0.2, -0.15) is 0 Å². The molecule has 14 nitrogen and oxygen atoms in total. The van der Waals surface area contributed by atoms with Gasteiger partial charge in [0, 0.05) is 26.2 Å². The summed E-state index contributed by atoms with van der Waals surface area (Å²) in [6.07, 6.45) is 2.28. The van der Waals surface area contributed by atoms with Crippen LogP contribution in [0, 0.1) is 0 Å². The van der Waals surface area contributed by atoms with E-state index in [2.05, 4.69) is 20.9 Å². The van der Waals surface area contributed by atoms with Crippen molar-refractivity contribution in [2.45, 2.75) is 63.6 Å². The summed E-state index contributed by atoms with van der Waals surface area (Å²) >= 11 is 0. The molecular weight excluding hydrogens is 471 g/mol. The minimum atomic E-state index is -1.48. The van der Waals surface area contributed by atoms with Crippen LogP contribution in [0.3, 0.4) is 0 Å². The van der Waals surface area contributed by atoms with Crippen molar-refractivity contribution in [2.24, 2.45) is 0 Å². The number of alkyl halides is 1. The fourth-order valence-corrected chi connectivity index (χ4v) is 3.07. The standard InChI is InChI=1S/C20H31FN6O8/c1-26(20(35)23-14(18(31)32)7-8-17(29)30)15(19(33)34)6-2-3-10-22-16(28)12-27-11-13(24-25-27)5-4-9-21/h11,14-15H,2-10,12H2,1H3,(H,22,28)(H,23,35)(H,29,30)(H,31,32)(H,33,34)/t14?,15-/m0/s1.